The maximum Gasteiger partial charge on any atom is 0.0945 e. The van der Waals surface area contributed by atoms with Crippen LogP contribution in [-0.4, -0.2) is 45.1 Å². The van der Waals surface area contributed by atoms with Crippen LogP contribution in [0.3, 0.4) is 0 Å². The quantitative estimate of drug-likeness (QED) is 0.756. The van der Waals surface area contributed by atoms with Gasteiger partial charge in [0.05, 0.1) is 12.7 Å². The van der Waals surface area contributed by atoms with Gasteiger partial charge in [0.2, 0.25) is 0 Å². The van der Waals surface area contributed by atoms with Crippen LogP contribution in [0.4, 0.5) is 11.4 Å². The second-order valence-corrected chi connectivity index (χ2v) is 4.14. The van der Waals surface area contributed by atoms with Crippen LogP contribution in [0.15, 0.2) is 24.3 Å². The molecule has 0 radical (unpaired) electrons. The van der Waals surface area contributed by atoms with Gasteiger partial charge < -0.3 is 20.1 Å². The van der Waals surface area contributed by atoms with Gasteiger partial charge in [-0.25, -0.2) is 0 Å². The van der Waals surface area contributed by atoms with Gasteiger partial charge in [0, 0.05) is 38.6 Å². The molecule has 1 aromatic carbocycles. The van der Waals surface area contributed by atoms with Gasteiger partial charge in [-0.15, -0.1) is 0 Å². The topological polar surface area (TPSA) is 44.7 Å². The Kier molecular flexibility index (Phi) is 5.80. The predicted molar refractivity (Wildman–Crippen MR) is 71.8 cm³/mol. The van der Waals surface area contributed by atoms with Crippen molar-refractivity contribution in [2.45, 2.75) is 13.0 Å². The van der Waals surface area contributed by atoms with Crippen molar-refractivity contribution in [1.82, 2.24) is 0 Å². The second kappa shape index (κ2) is 7.14. The lowest BCUT2D eigenvalue weighted by Gasteiger charge is -2.15. The number of nitrogens with one attached hydrogen (secondary N) is 1. The third-order valence-corrected chi connectivity index (χ3v) is 2.44. The number of hydrogen-bond acceptors (Lipinski definition) is 4. The Balaban J connectivity index is 2.36. The van der Waals surface area contributed by atoms with Crippen molar-refractivity contribution in [3.05, 3.63) is 24.3 Å². The molecule has 1 unspecified atom stereocenters. The Labute approximate surface area is 103 Å². The van der Waals surface area contributed by atoms with Crippen LogP contribution in [0.1, 0.15) is 6.92 Å². The number of aliphatic hydroxyl groups is 1. The minimum atomic E-state index is -0.469. The number of ether oxygens (including phenoxy) is 1. The summed E-state index contributed by atoms with van der Waals surface area (Å²) in [4.78, 5) is 2.05. The summed E-state index contributed by atoms with van der Waals surface area (Å²) in [5.74, 6) is 0. The number of rotatable bonds is 7. The van der Waals surface area contributed by atoms with Crippen molar-refractivity contribution in [2.75, 3.05) is 44.1 Å². The molecule has 1 atom stereocenters. The van der Waals surface area contributed by atoms with E-state index in [4.69, 9.17) is 4.74 Å². The Hall–Kier alpha value is -1.26. The molecule has 0 aliphatic rings. The van der Waals surface area contributed by atoms with Gasteiger partial charge in [0.1, 0.15) is 0 Å². The Morgan fingerprint density at radius 2 is 1.94 bits per heavy atom. The van der Waals surface area contributed by atoms with E-state index in [1.807, 2.05) is 50.2 Å². The first-order valence-electron chi connectivity index (χ1n) is 5.90. The molecule has 4 nitrogen and oxygen atoms in total. The van der Waals surface area contributed by atoms with Crippen molar-refractivity contribution in [1.29, 1.82) is 0 Å². The summed E-state index contributed by atoms with van der Waals surface area (Å²) in [6.45, 7) is 3.43. The molecule has 0 aromatic heterocycles. The van der Waals surface area contributed by atoms with E-state index in [1.54, 1.807) is 0 Å². The summed E-state index contributed by atoms with van der Waals surface area (Å²) in [6.07, 6.45) is -0.469. The van der Waals surface area contributed by atoms with Crippen molar-refractivity contribution >= 4 is 11.4 Å². The molecule has 0 saturated carbocycles. The zero-order chi connectivity index (χ0) is 12.7. The number of benzene rings is 1. The summed E-state index contributed by atoms with van der Waals surface area (Å²) in [6, 6.07) is 8.08. The highest BCUT2D eigenvalue weighted by atomic mass is 16.5. The monoisotopic (exact) mass is 238 g/mol. The number of anilines is 2. The Morgan fingerprint density at radius 3 is 2.47 bits per heavy atom. The average Bonchev–Trinajstić information content (AvgIpc) is 2.34. The summed E-state index contributed by atoms with van der Waals surface area (Å²) >= 11 is 0. The van der Waals surface area contributed by atoms with Crippen molar-refractivity contribution in [3.8, 4) is 0 Å². The molecule has 0 aliphatic heterocycles. The number of nitrogens with zero attached hydrogens (tertiary/aromatic N) is 1. The fourth-order valence-electron chi connectivity index (χ4n) is 1.43. The minimum absolute atomic E-state index is 0.374. The van der Waals surface area contributed by atoms with E-state index in [1.165, 1.54) is 0 Å². The van der Waals surface area contributed by atoms with Gasteiger partial charge in [-0.2, -0.15) is 0 Å². The molecular formula is C13H22N2O2. The van der Waals surface area contributed by atoms with Gasteiger partial charge >= 0.3 is 0 Å². The maximum atomic E-state index is 9.59. The molecule has 17 heavy (non-hydrogen) atoms. The first-order valence-corrected chi connectivity index (χ1v) is 5.90. The highest BCUT2D eigenvalue weighted by molar-refractivity contribution is 5.54. The zero-order valence-electron chi connectivity index (χ0n) is 10.8. The maximum absolute atomic E-state index is 9.59. The highest BCUT2D eigenvalue weighted by Crippen LogP contribution is 2.15. The SMILES string of the molecule is CCOCC(O)CNc1ccc(N(C)C)cc1. The van der Waals surface area contributed by atoms with Crippen LogP contribution in [-0.2, 0) is 4.74 Å². The molecule has 0 saturated heterocycles. The fraction of sp³-hybridized carbons (Fsp3) is 0.538. The van der Waals surface area contributed by atoms with E-state index in [0.717, 1.165) is 11.4 Å². The van der Waals surface area contributed by atoms with Crippen molar-refractivity contribution in [2.24, 2.45) is 0 Å². The first kappa shape index (κ1) is 13.8. The smallest absolute Gasteiger partial charge is 0.0945 e. The van der Waals surface area contributed by atoms with E-state index < -0.39 is 6.10 Å². The fourth-order valence-corrected chi connectivity index (χ4v) is 1.43. The van der Waals surface area contributed by atoms with Crippen LogP contribution >= 0.6 is 0 Å². The van der Waals surface area contributed by atoms with Gasteiger partial charge in [-0.1, -0.05) is 0 Å². The van der Waals surface area contributed by atoms with Crippen LogP contribution in [0, 0.1) is 0 Å². The van der Waals surface area contributed by atoms with Gasteiger partial charge in [0.15, 0.2) is 0 Å². The normalized spacial score (nSPS) is 12.2. The highest BCUT2D eigenvalue weighted by Gasteiger charge is 2.03. The molecule has 2 N–H and O–H groups in total. The Bertz CT molecular complexity index is 312. The Morgan fingerprint density at radius 1 is 1.29 bits per heavy atom. The second-order valence-electron chi connectivity index (χ2n) is 4.14. The van der Waals surface area contributed by atoms with Gasteiger partial charge in [0.25, 0.3) is 0 Å². The van der Waals surface area contributed by atoms with Crippen LogP contribution in [0.25, 0.3) is 0 Å². The molecule has 4 heteroatoms. The summed E-state index contributed by atoms with van der Waals surface area (Å²) in [5, 5.41) is 12.8. The van der Waals surface area contributed by atoms with Crippen LogP contribution in [0.5, 0.6) is 0 Å². The molecule has 1 rings (SSSR count). The largest absolute Gasteiger partial charge is 0.389 e. The lowest BCUT2D eigenvalue weighted by Crippen LogP contribution is -2.24. The third-order valence-electron chi connectivity index (χ3n) is 2.44. The van der Waals surface area contributed by atoms with Crippen LogP contribution in [0.2, 0.25) is 0 Å². The molecule has 0 fully saturated rings. The molecule has 96 valence electrons. The van der Waals surface area contributed by atoms with E-state index in [2.05, 4.69) is 5.32 Å². The molecule has 0 amide bonds. The molecule has 0 heterocycles. The van der Waals surface area contributed by atoms with Gasteiger partial charge in [-0.3, -0.25) is 0 Å². The van der Waals surface area contributed by atoms with E-state index in [9.17, 15) is 5.11 Å². The van der Waals surface area contributed by atoms with Gasteiger partial charge in [-0.05, 0) is 31.2 Å². The average molecular weight is 238 g/mol. The summed E-state index contributed by atoms with van der Waals surface area (Å²) in [7, 11) is 4.02. The molecule has 0 spiro atoms. The predicted octanol–water partition coefficient (Wildman–Crippen LogP) is 1.56. The standard InChI is InChI=1S/C13H22N2O2/c1-4-17-10-13(16)9-14-11-5-7-12(8-6-11)15(2)3/h5-8,13-14,16H,4,9-10H2,1-3H3. The zero-order valence-corrected chi connectivity index (χ0v) is 10.8. The van der Waals surface area contributed by atoms with Crippen molar-refractivity contribution < 1.29 is 9.84 Å². The van der Waals surface area contributed by atoms with E-state index in [-0.39, 0.29) is 0 Å². The molecule has 0 aliphatic carbocycles. The minimum Gasteiger partial charge on any atom is -0.389 e. The molecule has 1 aromatic rings. The van der Waals surface area contributed by atoms with Crippen LogP contribution < -0.4 is 10.2 Å². The lowest BCUT2D eigenvalue weighted by molar-refractivity contribution is 0.0496. The van der Waals surface area contributed by atoms with Crippen molar-refractivity contribution in [3.63, 3.8) is 0 Å². The number of aliphatic hydroxyl groups excluding tert-OH is 1. The molecular weight excluding hydrogens is 216 g/mol. The number of hydrogen-bond donors (Lipinski definition) is 2. The lowest BCUT2D eigenvalue weighted by atomic mass is 10.2. The molecule has 0 bridgehead atoms. The third kappa shape index (κ3) is 5.06. The summed E-state index contributed by atoms with van der Waals surface area (Å²) < 4.78 is 5.14. The van der Waals surface area contributed by atoms with E-state index >= 15 is 0 Å². The first-order chi connectivity index (χ1) is 8.13. The van der Waals surface area contributed by atoms with E-state index in [0.29, 0.717) is 19.8 Å². The summed E-state index contributed by atoms with van der Waals surface area (Å²) in [5.41, 5.74) is 2.16.